The fourth-order valence-corrected chi connectivity index (χ4v) is 2.03. The molecule has 1 unspecified atom stereocenters. The van der Waals surface area contributed by atoms with E-state index in [0.29, 0.717) is 0 Å². The maximum atomic E-state index is 5.85. The SMILES string of the molecule is Cc1nc(C2CN(C)CCO2)ncc1[C@@H](C)N. The largest absolute Gasteiger partial charge is 0.368 e. The summed E-state index contributed by atoms with van der Waals surface area (Å²) in [4.78, 5) is 11.1. The van der Waals surface area contributed by atoms with Crippen LogP contribution in [0.1, 0.15) is 36.2 Å². The van der Waals surface area contributed by atoms with Crippen LogP contribution in [0.5, 0.6) is 0 Å². The van der Waals surface area contributed by atoms with Gasteiger partial charge in [0, 0.05) is 36.6 Å². The number of morpholine rings is 1. The van der Waals surface area contributed by atoms with Crippen LogP contribution in [-0.2, 0) is 4.74 Å². The fraction of sp³-hybridized carbons (Fsp3) is 0.667. The van der Waals surface area contributed by atoms with Crippen molar-refractivity contribution in [3.63, 3.8) is 0 Å². The molecular weight excluding hydrogens is 216 g/mol. The quantitative estimate of drug-likeness (QED) is 0.823. The molecule has 5 heteroatoms. The van der Waals surface area contributed by atoms with Gasteiger partial charge in [0.05, 0.1) is 6.61 Å². The molecule has 0 aromatic carbocycles. The second-order valence-electron chi connectivity index (χ2n) is 4.68. The molecule has 0 radical (unpaired) electrons. The lowest BCUT2D eigenvalue weighted by Crippen LogP contribution is -2.36. The van der Waals surface area contributed by atoms with Crippen LogP contribution in [0.15, 0.2) is 6.20 Å². The van der Waals surface area contributed by atoms with Crippen molar-refractivity contribution in [1.29, 1.82) is 0 Å². The fourth-order valence-electron chi connectivity index (χ4n) is 2.03. The van der Waals surface area contributed by atoms with Gasteiger partial charge in [-0.05, 0) is 20.9 Å². The number of ether oxygens (including phenoxy) is 1. The van der Waals surface area contributed by atoms with Gasteiger partial charge in [0.1, 0.15) is 6.10 Å². The minimum atomic E-state index is -0.0287. The second kappa shape index (κ2) is 5.08. The Morgan fingerprint density at radius 3 is 2.94 bits per heavy atom. The van der Waals surface area contributed by atoms with Crippen LogP contribution in [0.2, 0.25) is 0 Å². The Hall–Kier alpha value is -1.04. The lowest BCUT2D eigenvalue weighted by Gasteiger charge is -2.29. The van der Waals surface area contributed by atoms with Crippen LogP contribution >= 0.6 is 0 Å². The van der Waals surface area contributed by atoms with E-state index in [-0.39, 0.29) is 12.1 Å². The Labute approximate surface area is 102 Å². The van der Waals surface area contributed by atoms with Crippen LogP contribution in [0.4, 0.5) is 0 Å². The minimum Gasteiger partial charge on any atom is -0.368 e. The van der Waals surface area contributed by atoms with E-state index in [1.54, 1.807) is 0 Å². The maximum absolute atomic E-state index is 5.85. The lowest BCUT2D eigenvalue weighted by molar-refractivity contribution is -0.0256. The number of nitrogens with zero attached hydrogens (tertiary/aromatic N) is 3. The van der Waals surface area contributed by atoms with Crippen LogP contribution in [-0.4, -0.2) is 41.6 Å². The van der Waals surface area contributed by atoms with Crippen molar-refractivity contribution >= 4 is 0 Å². The standard InChI is InChI=1S/C12H20N4O/c1-8(13)10-6-14-12(15-9(10)2)11-7-16(3)4-5-17-11/h6,8,11H,4-5,7,13H2,1-3H3/t8-,11?/m1/s1. The Balaban J connectivity index is 2.19. The molecule has 1 fully saturated rings. The molecule has 0 saturated carbocycles. The highest BCUT2D eigenvalue weighted by Gasteiger charge is 2.22. The first-order valence-electron chi connectivity index (χ1n) is 5.97. The molecule has 1 aromatic heterocycles. The van der Waals surface area contributed by atoms with Gasteiger partial charge in [-0.15, -0.1) is 0 Å². The number of rotatable bonds is 2. The smallest absolute Gasteiger partial charge is 0.158 e. The average Bonchev–Trinajstić information content (AvgIpc) is 2.28. The number of likely N-dealkylation sites (N-methyl/N-ethyl adjacent to an activating group) is 1. The first-order chi connectivity index (χ1) is 8.08. The molecule has 0 aliphatic carbocycles. The summed E-state index contributed by atoms with van der Waals surface area (Å²) >= 11 is 0. The molecule has 2 N–H and O–H groups in total. The maximum Gasteiger partial charge on any atom is 0.158 e. The molecule has 94 valence electrons. The molecule has 1 saturated heterocycles. The van der Waals surface area contributed by atoms with Crippen molar-refractivity contribution in [2.24, 2.45) is 5.73 Å². The summed E-state index contributed by atoms with van der Waals surface area (Å²) in [7, 11) is 2.08. The van der Waals surface area contributed by atoms with E-state index < -0.39 is 0 Å². The summed E-state index contributed by atoms with van der Waals surface area (Å²) in [6.07, 6.45) is 1.80. The van der Waals surface area contributed by atoms with Crippen LogP contribution in [0.25, 0.3) is 0 Å². The van der Waals surface area contributed by atoms with E-state index in [2.05, 4.69) is 21.9 Å². The molecule has 0 spiro atoms. The molecule has 2 rings (SSSR count). The van der Waals surface area contributed by atoms with Crippen LogP contribution in [0.3, 0.4) is 0 Å². The molecule has 2 atom stereocenters. The summed E-state index contributed by atoms with van der Waals surface area (Å²) in [5.74, 6) is 0.762. The summed E-state index contributed by atoms with van der Waals surface area (Å²) in [5.41, 5.74) is 7.79. The molecule has 1 aliphatic rings. The Kier molecular flexibility index (Phi) is 3.71. The van der Waals surface area contributed by atoms with E-state index in [1.165, 1.54) is 0 Å². The van der Waals surface area contributed by atoms with Crippen molar-refractivity contribution in [3.8, 4) is 0 Å². The molecule has 17 heavy (non-hydrogen) atoms. The zero-order chi connectivity index (χ0) is 12.4. The lowest BCUT2D eigenvalue weighted by atomic mass is 10.1. The summed E-state index contributed by atoms with van der Waals surface area (Å²) in [6, 6.07) is -0.0287. The molecular formula is C12H20N4O. The predicted octanol–water partition coefficient (Wildman–Crippen LogP) is 0.808. The normalized spacial score (nSPS) is 23.6. The highest BCUT2D eigenvalue weighted by molar-refractivity contribution is 5.20. The van der Waals surface area contributed by atoms with E-state index in [0.717, 1.165) is 36.8 Å². The average molecular weight is 236 g/mol. The van der Waals surface area contributed by atoms with Crippen molar-refractivity contribution in [3.05, 3.63) is 23.3 Å². The zero-order valence-corrected chi connectivity index (χ0v) is 10.7. The highest BCUT2D eigenvalue weighted by Crippen LogP contribution is 2.20. The third-order valence-corrected chi connectivity index (χ3v) is 3.08. The summed E-state index contributed by atoms with van der Waals surface area (Å²) < 4.78 is 5.69. The van der Waals surface area contributed by atoms with Crippen LogP contribution in [0, 0.1) is 6.92 Å². The highest BCUT2D eigenvalue weighted by atomic mass is 16.5. The number of aromatic nitrogens is 2. The first-order valence-corrected chi connectivity index (χ1v) is 5.97. The summed E-state index contributed by atoms with van der Waals surface area (Å²) in [6.45, 7) is 6.45. The van der Waals surface area contributed by atoms with Gasteiger partial charge < -0.3 is 15.4 Å². The van der Waals surface area contributed by atoms with E-state index >= 15 is 0 Å². The third kappa shape index (κ3) is 2.80. The molecule has 1 aromatic rings. The number of aryl methyl sites for hydroxylation is 1. The third-order valence-electron chi connectivity index (χ3n) is 3.08. The first kappa shape index (κ1) is 12.4. The molecule has 0 bridgehead atoms. The van der Waals surface area contributed by atoms with Crippen molar-refractivity contribution in [1.82, 2.24) is 14.9 Å². The number of nitrogens with two attached hydrogens (primary N) is 1. The predicted molar refractivity (Wildman–Crippen MR) is 65.6 cm³/mol. The van der Waals surface area contributed by atoms with Gasteiger partial charge >= 0.3 is 0 Å². The van der Waals surface area contributed by atoms with E-state index in [1.807, 2.05) is 20.0 Å². The Morgan fingerprint density at radius 2 is 2.35 bits per heavy atom. The minimum absolute atomic E-state index is 0.0189. The van der Waals surface area contributed by atoms with Gasteiger partial charge in [-0.1, -0.05) is 0 Å². The summed E-state index contributed by atoms with van der Waals surface area (Å²) in [5, 5.41) is 0. The molecule has 1 aliphatic heterocycles. The van der Waals surface area contributed by atoms with E-state index in [4.69, 9.17) is 10.5 Å². The van der Waals surface area contributed by atoms with Gasteiger partial charge in [0.2, 0.25) is 0 Å². The monoisotopic (exact) mass is 236 g/mol. The second-order valence-corrected chi connectivity index (χ2v) is 4.68. The molecule has 5 nitrogen and oxygen atoms in total. The van der Waals surface area contributed by atoms with Crippen molar-refractivity contribution < 1.29 is 4.74 Å². The Bertz CT molecular complexity index is 394. The van der Waals surface area contributed by atoms with E-state index in [9.17, 15) is 0 Å². The van der Waals surface area contributed by atoms with Crippen molar-refractivity contribution in [2.45, 2.75) is 26.0 Å². The molecule has 2 heterocycles. The molecule has 0 amide bonds. The van der Waals surface area contributed by atoms with Crippen molar-refractivity contribution in [2.75, 3.05) is 26.7 Å². The topological polar surface area (TPSA) is 64.3 Å². The van der Waals surface area contributed by atoms with Crippen LogP contribution < -0.4 is 5.73 Å². The zero-order valence-electron chi connectivity index (χ0n) is 10.7. The van der Waals surface area contributed by atoms with Gasteiger partial charge in [-0.3, -0.25) is 0 Å². The van der Waals surface area contributed by atoms with Gasteiger partial charge in [-0.25, -0.2) is 9.97 Å². The van der Waals surface area contributed by atoms with Gasteiger partial charge in [0.15, 0.2) is 5.82 Å². The number of hydrogen-bond donors (Lipinski definition) is 1. The Morgan fingerprint density at radius 1 is 1.59 bits per heavy atom. The van der Waals surface area contributed by atoms with Gasteiger partial charge in [-0.2, -0.15) is 0 Å². The number of hydrogen-bond acceptors (Lipinski definition) is 5. The van der Waals surface area contributed by atoms with Gasteiger partial charge in [0.25, 0.3) is 0 Å².